The van der Waals surface area contributed by atoms with Gasteiger partial charge in [-0.25, -0.2) is 0 Å². The number of benzene rings is 2. The Hall–Kier alpha value is -1.95. The molecule has 0 atom stereocenters. The molecule has 0 aliphatic carbocycles. The average molecular weight is 473 g/mol. The fourth-order valence-corrected chi connectivity index (χ4v) is 3.64. The predicted molar refractivity (Wildman–Crippen MR) is 121 cm³/mol. The summed E-state index contributed by atoms with van der Waals surface area (Å²) in [5, 5.41) is 0.468. The highest BCUT2D eigenvalue weighted by Crippen LogP contribution is 2.32. The van der Waals surface area contributed by atoms with Crippen LogP contribution in [-0.4, -0.2) is 30.1 Å². The van der Waals surface area contributed by atoms with E-state index < -0.39 is 17.5 Å². The van der Waals surface area contributed by atoms with Gasteiger partial charge in [0.05, 0.1) is 21.7 Å². The van der Waals surface area contributed by atoms with Crippen LogP contribution in [0.25, 0.3) is 0 Å². The van der Waals surface area contributed by atoms with Crippen molar-refractivity contribution in [2.45, 2.75) is 46.3 Å². The number of hydrogen-bond donors (Lipinski definition) is 0. The highest BCUT2D eigenvalue weighted by atomic mass is 35.5. The first-order chi connectivity index (χ1) is 13.9. The van der Waals surface area contributed by atoms with Gasteiger partial charge in [-0.2, -0.15) is 0 Å². The van der Waals surface area contributed by atoms with Crippen molar-refractivity contribution in [1.82, 2.24) is 0 Å². The van der Waals surface area contributed by atoms with Gasteiger partial charge >= 0.3 is 5.97 Å². The zero-order chi connectivity index (χ0) is 22.6. The molecular formula is C22H24Cl3NO4. The lowest BCUT2D eigenvalue weighted by atomic mass is 10.1. The Morgan fingerprint density at radius 1 is 1.03 bits per heavy atom. The average Bonchev–Trinajstić information content (AvgIpc) is 2.56. The summed E-state index contributed by atoms with van der Waals surface area (Å²) >= 11 is 18.5. The first kappa shape index (κ1) is 24.3. The topological polar surface area (TPSA) is 55.8 Å². The van der Waals surface area contributed by atoms with E-state index in [1.165, 1.54) is 17.0 Å². The van der Waals surface area contributed by atoms with Gasteiger partial charge in [-0.05, 0) is 58.9 Å². The number of halogens is 3. The van der Waals surface area contributed by atoms with Crippen LogP contribution in [0.1, 0.15) is 45.0 Å². The molecule has 162 valence electrons. The number of carbonyl (C=O) groups excluding carboxylic acids is 2. The van der Waals surface area contributed by atoms with Crippen LogP contribution in [0.5, 0.6) is 5.75 Å². The summed E-state index contributed by atoms with van der Waals surface area (Å²) in [5.74, 6) is -0.584. The molecule has 0 unspecified atom stereocenters. The maximum atomic E-state index is 13.4. The second-order valence-electron chi connectivity index (χ2n) is 7.89. The number of hydrogen-bond acceptors (Lipinski definition) is 4. The molecule has 0 fully saturated rings. The second kappa shape index (κ2) is 9.90. The zero-order valence-electron chi connectivity index (χ0n) is 17.5. The van der Waals surface area contributed by atoms with Gasteiger partial charge in [0.25, 0.3) is 5.91 Å². The molecule has 0 saturated carbocycles. The third-order valence-corrected chi connectivity index (χ3v) is 4.49. The Bertz CT molecular complexity index is 915. The van der Waals surface area contributed by atoms with E-state index in [4.69, 9.17) is 44.3 Å². The molecule has 0 heterocycles. The number of ether oxygens (including phenoxy) is 2. The predicted octanol–water partition coefficient (Wildman–Crippen LogP) is 6.42. The van der Waals surface area contributed by atoms with Crippen LogP contribution in [-0.2, 0) is 9.53 Å². The van der Waals surface area contributed by atoms with Crippen molar-refractivity contribution >= 4 is 52.4 Å². The van der Waals surface area contributed by atoms with Crippen molar-refractivity contribution < 1.29 is 19.1 Å². The molecule has 0 bridgehead atoms. The maximum Gasteiger partial charge on any atom is 0.326 e. The van der Waals surface area contributed by atoms with Crippen molar-refractivity contribution in [1.29, 1.82) is 0 Å². The number of rotatable bonds is 6. The SMILES string of the molecule is CC(C)Oc1cccc(N(CC(=O)OC(C)(C)C)C(=O)c2c(Cl)cc(Cl)cc2Cl)c1. The Labute approximate surface area is 191 Å². The quantitative estimate of drug-likeness (QED) is 0.455. The Balaban J connectivity index is 2.49. The third-order valence-electron chi connectivity index (χ3n) is 3.67. The van der Waals surface area contributed by atoms with Crippen LogP contribution in [0, 0.1) is 0 Å². The van der Waals surface area contributed by atoms with Crippen LogP contribution < -0.4 is 9.64 Å². The lowest BCUT2D eigenvalue weighted by Crippen LogP contribution is -2.39. The summed E-state index contributed by atoms with van der Waals surface area (Å²) in [5.41, 5.74) is -0.225. The van der Waals surface area contributed by atoms with E-state index in [1.54, 1.807) is 45.0 Å². The van der Waals surface area contributed by atoms with Crippen LogP contribution in [0.3, 0.4) is 0 Å². The summed E-state index contributed by atoms with van der Waals surface area (Å²) in [6.45, 7) is 8.70. The number of esters is 1. The molecule has 2 rings (SSSR count). The van der Waals surface area contributed by atoms with Gasteiger partial charge in [-0.1, -0.05) is 40.9 Å². The Kier molecular flexibility index (Phi) is 8.03. The van der Waals surface area contributed by atoms with Crippen molar-refractivity contribution in [3.05, 3.63) is 57.0 Å². The van der Waals surface area contributed by atoms with E-state index in [-0.39, 0.29) is 28.3 Å². The minimum Gasteiger partial charge on any atom is -0.491 e. The van der Waals surface area contributed by atoms with Gasteiger partial charge in [0, 0.05) is 16.8 Å². The van der Waals surface area contributed by atoms with E-state index in [2.05, 4.69) is 0 Å². The lowest BCUT2D eigenvalue weighted by molar-refractivity contribution is -0.152. The number of amides is 1. The lowest BCUT2D eigenvalue weighted by Gasteiger charge is -2.26. The van der Waals surface area contributed by atoms with Gasteiger partial charge < -0.3 is 9.47 Å². The largest absolute Gasteiger partial charge is 0.491 e. The van der Waals surface area contributed by atoms with E-state index in [0.717, 1.165) is 0 Å². The molecule has 0 aliphatic heterocycles. The van der Waals surface area contributed by atoms with E-state index in [9.17, 15) is 9.59 Å². The molecule has 0 aromatic heterocycles. The molecular weight excluding hydrogens is 449 g/mol. The van der Waals surface area contributed by atoms with E-state index >= 15 is 0 Å². The van der Waals surface area contributed by atoms with Crippen LogP contribution in [0.15, 0.2) is 36.4 Å². The van der Waals surface area contributed by atoms with E-state index in [1.807, 2.05) is 13.8 Å². The molecule has 2 aromatic rings. The number of carbonyl (C=O) groups is 2. The van der Waals surface area contributed by atoms with Gasteiger partial charge in [0.2, 0.25) is 0 Å². The van der Waals surface area contributed by atoms with Gasteiger partial charge in [-0.15, -0.1) is 0 Å². The highest BCUT2D eigenvalue weighted by molar-refractivity contribution is 6.42. The molecule has 1 amide bonds. The van der Waals surface area contributed by atoms with Crippen molar-refractivity contribution in [2.75, 3.05) is 11.4 Å². The molecule has 0 radical (unpaired) electrons. The monoisotopic (exact) mass is 471 g/mol. The summed E-state index contributed by atoms with van der Waals surface area (Å²) in [6.07, 6.45) is -0.0598. The fraction of sp³-hybridized carbons (Fsp3) is 0.364. The number of nitrogens with zero attached hydrogens (tertiary/aromatic N) is 1. The van der Waals surface area contributed by atoms with Crippen molar-refractivity contribution in [3.63, 3.8) is 0 Å². The van der Waals surface area contributed by atoms with Gasteiger partial charge in [0.1, 0.15) is 17.9 Å². The van der Waals surface area contributed by atoms with Crippen molar-refractivity contribution in [2.24, 2.45) is 0 Å². The summed E-state index contributed by atoms with van der Waals surface area (Å²) < 4.78 is 11.1. The minimum atomic E-state index is -0.704. The molecule has 2 aromatic carbocycles. The smallest absolute Gasteiger partial charge is 0.326 e. The van der Waals surface area contributed by atoms with Gasteiger partial charge in [-0.3, -0.25) is 14.5 Å². The molecule has 0 N–H and O–H groups in total. The van der Waals surface area contributed by atoms with Crippen LogP contribution in [0.2, 0.25) is 15.1 Å². The summed E-state index contributed by atoms with van der Waals surface area (Å²) in [7, 11) is 0. The Morgan fingerprint density at radius 2 is 1.63 bits per heavy atom. The first-order valence-corrected chi connectivity index (χ1v) is 10.5. The fourth-order valence-electron chi connectivity index (χ4n) is 2.66. The molecule has 8 heteroatoms. The number of anilines is 1. The first-order valence-electron chi connectivity index (χ1n) is 9.32. The zero-order valence-corrected chi connectivity index (χ0v) is 19.7. The molecule has 0 spiro atoms. The van der Waals surface area contributed by atoms with Gasteiger partial charge in [0.15, 0.2) is 0 Å². The third kappa shape index (κ3) is 6.79. The molecule has 0 saturated heterocycles. The summed E-state index contributed by atoms with van der Waals surface area (Å²) in [6, 6.07) is 9.70. The molecule has 0 aliphatic rings. The normalized spacial score (nSPS) is 11.4. The highest BCUT2D eigenvalue weighted by Gasteiger charge is 2.28. The molecule has 30 heavy (non-hydrogen) atoms. The minimum absolute atomic E-state index is 0.0430. The molecule has 5 nitrogen and oxygen atoms in total. The standard InChI is InChI=1S/C22H24Cl3NO4/c1-13(2)29-16-8-6-7-15(11-16)26(12-19(27)30-22(3,4)5)21(28)20-17(24)9-14(23)10-18(20)25/h6-11,13H,12H2,1-5H3. The second-order valence-corrected chi connectivity index (χ2v) is 9.14. The van der Waals surface area contributed by atoms with Crippen LogP contribution >= 0.6 is 34.8 Å². The Morgan fingerprint density at radius 3 is 2.17 bits per heavy atom. The van der Waals surface area contributed by atoms with Crippen LogP contribution in [0.4, 0.5) is 5.69 Å². The van der Waals surface area contributed by atoms with Crippen molar-refractivity contribution in [3.8, 4) is 5.75 Å². The van der Waals surface area contributed by atoms with E-state index in [0.29, 0.717) is 16.5 Å². The maximum absolute atomic E-state index is 13.4. The summed E-state index contributed by atoms with van der Waals surface area (Å²) in [4.78, 5) is 27.2.